The Morgan fingerprint density at radius 3 is 2.28 bits per heavy atom. The molecular formula is C17H24O. The molecule has 0 aliphatic rings. The average molecular weight is 244 g/mol. The first-order valence-electron chi connectivity index (χ1n) is 6.39. The van der Waals surface area contributed by atoms with Gasteiger partial charge in [0, 0.05) is 5.56 Å². The molecule has 0 saturated heterocycles. The van der Waals surface area contributed by atoms with E-state index in [4.69, 9.17) is 4.74 Å². The smallest absolute Gasteiger partial charge is 0.130 e. The first-order chi connectivity index (χ1) is 8.31. The normalized spacial score (nSPS) is 11.3. The van der Waals surface area contributed by atoms with Crippen LogP contribution in [-0.2, 0) is 5.41 Å². The second-order valence-corrected chi connectivity index (χ2v) is 5.94. The molecule has 98 valence electrons. The zero-order valence-electron chi connectivity index (χ0n) is 12.4. The quantitative estimate of drug-likeness (QED) is 0.686. The second kappa shape index (κ2) is 5.46. The molecule has 1 rings (SSSR count). The highest BCUT2D eigenvalue weighted by Crippen LogP contribution is 2.36. The Labute approximate surface area is 111 Å². The lowest BCUT2D eigenvalue weighted by Gasteiger charge is -2.24. The summed E-state index contributed by atoms with van der Waals surface area (Å²) in [5.74, 6) is 1.37. The number of hydrogen-bond donors (Lipinski definition) is 0. The van der Waals surface area contributed by atoms with E-state index < -0.39 is 0 Å². The molecule has 0 aliphatic carbocycles. The fourth-order valence-electron chi connectivity index (χ4n) is 1.99. The molecule has 0 amide bonds. The Hall–Kier alpha value is -1.46. The predicted molar refractivity (Wildman–Crippen MR) is 79.4 cm³/mol. The van der Waals surface area contributed by atoms with Gasteiger partial charge in [0.25, 0.3) is 0 Å². The van der Waals surface area contributed by atoms with E-state index in [-0.39, 0.29) is 5.41 Å². The van der Waals surface area contributed by atoms with Crippen molar-refractivity contribution in [2.24, 2.45) is 0 Å². The summed E-state index contributed by atoms with van der Waals surface area (Å²) in [4.78, 5) is 0. The van der Waals surface area contributed by atoms with Crippen LogP contribution in [-0.4, -0.2) is 7.11 Å². The summed E-state index contributed by atoms with van der Waals surface area (Å²) < 4.78 is 5.56. The first-order valence-corrected chi connectivity index (χ1v) is 6.39. The molecule has 0 radical (unpaired) electrons. The molecule has 0 fully saturated rings. The first kappa shape index (κ1) is 14.6. The van der Waals surface area contributed by atoms with Gasteiger partial charge >= 0.3 is 0 Å². The van der Waals surface area contributed by atoms with Gasteiger partial charge in [-0.05, 0) is 34.6 Å². The highest BCUT2D eigenvalue weighted by Gasteiger charge is 2.19. The van der Waals surface area contributed by atoms with E-state index in [9.17, 15) is 0 Å². The lowest BCUT2D eigenvalue weighted by Crippen LogP contribution is -2.13. The molecule has 1 nitrogen and oxygen atoms in total. The van der Waals surface area contributed by atoms with E-state index in [1.807, 2.05) is 6.08 Å². The van der Waals surface area contributed by atoms with Gasteiger partial charge in [0.2, 0.25) is 0 Å². The van der Waals surface area contributed by atoms with E-state index in [0.29, 0.717) is 5.92 Å². The monoisotopic (exact) mass is 244 g/mol. The standard InChI is InChI=1S/C17H24O/c1-8-9-13-10-14(17(4,5)6)11-15(12(2)3)16(13)18-7/h9-12H,1H2,2-7H3. The minimum Gasteiger partial charge on any atom is -0.496 e. The Kier molecular flexibility index (Phi) is 4.43. The molecule has 0 aromatic heterocycles. The van der Waals surface area contributed by atoms with Crippen LogP contribution < -0.4 is 4.74 Å². The van der Waals surface area contributed by atoms with Gasteiger partial charge in [-0.3, -0.25) is 0 Å². The maximum atomic E-state index is 5.56. The third-order valence-electron chi connectivity index (χ3n) is 3.10. The zero-order valence-corrected chi connectivity index (χ0v) is 12.4. The number of methoxy groups -OCH3 is 1. The number of hydrogen-bond acceptors (Lipinski definition) is 1. The largest absolute Gasteiger partial charge is 0.496 e. The lowest BCUT2D eigenvalue weighted by atomic mass is 9.83. The van der Waals surface area contributed by atoms with Crippen LogP contribution in [0.3, 0.4) is 0 Å². The Balaban J connectivity index is 3.59. The fraction of sp³-hybridized carbons (Fsp3) is 0.471. The summed E-state index contributed by atoms with van der Waals surface area (Å²) in [6.45, 7) is 14.7. The van der Waals surface area contributed by atoms with Gasteiger partial charge in [-0.2, -0.15) is 0 Å². The molecule has 0 atom stereocenters. The third-order valence-corrected chi connectivity index (χ3v) is 3.10. The average Bonchev–Trinajstić information content (AvgIpc) is 2.27. The Bertz CT molecular complexity index is 469. The predicted octanol–water partition coefficient (Wildman–Crippen LogP) is 4.91. The van der Waals surface area contributed by atoms with E-state index in [2.05, 4.69) is 59.1 Å². The molecule has 18 heavy (non-hydrogen) atoms. The van der Waals surface area contributed by atoms with E-state index >= 15 is 0 Å². The van der Waals surface area contributed by atoms with Crippen LogP contribution in [0.1, 0.15) is 57.2 Å². The summed E-state index contributed by atoms with van der Waals surface area (Å²) in [5, 5.41) is 0. The third kappa shape index (κ3) is 3.05. The number of ether oxygens (including phenoxy) is 1. The van der Waals surface area contributed by atoms with Crippen molar-refractivity contribution in [1.29, 1.82) is 0 Å². The SMILES string of the molecule is C=C=Cc1cc(C(C)(C)C)cc(C(C)C)c1OC. The molecule has 0 unspecified atom stereocenters. The van der Waals surface area contributed by atoms with Gasteiger partial charge in [0.05, 0.1) is 7.11 Å². The van der Waals surface area contributed by atoms with Crippen LogP contribution >= 0.6 is 0 Å². The minimum atomic E-state index is 0.125. The molecule has 1 aromatic rings. The summed E-state index contributed by atoms with van der Waals surface area (Å²) >= 11 is 0. The summed E-state index contributed by atoms with van der Waals surface area (Å²) in [6.07, 6.45) is 1.89. The maximum absolute atomic E-state index is 5.56. The summed E-state index contributed by atoms with van der Waals surface area (Å²) in [6, 6.07) is 4.42. The molecule has 0 spiro atoms. The molecule has 0 aliphatic heterocycles. The Morgan fingerprint density at radius 1 is 1.28 bits per heavy atom. The summed E-state index contributed by atoms with van der Waals surface area (Å²) in [7, 11) is 1.72. The van der Waals surface area contributed by atoms with Crippen LogP contribution in [0.5, 0.6) is 5.75 Å². The van der Waals surface area contributed by atoms with Gasteiger partial charge in [-0.25, -0.2) is 0 Å². The van der Waals surface area contributed by atoms with Gasteiger partial charge in [0.15, 0.2) is 0 Å². The molecule has 1 aromatic carbocycles. The van der Waals surface area contributed by atoms with Crippen molar-refractivity contribution in [3.63, 3.8) is 0 Å². The molecular weight excluding hydrogens is 220 g/mol. The van der Waals surface area contributed by atoms with Crippen LogP contribution in [0, 0.1) is 0 Å². The van der Waals surface area contributed by atoms with Crippen molar-refractivity contribution in [3.8, 4) is 5.75 Å². The Morgan fingerprint density at radius 2 is 1.89 bits per heavy atom. The van der Waals surface area contributed by atoms with Gasteiger partial charge in [-0.1, -0.05) is 47.3 Å². The van der Waals surface area contributed by atoms with Crippen molar-refractivity contribution >= 4 is 6.08 Å². The second-order valence-electron chi connectivity index (χ2n) is 5.94. The van der Waals surface area contributed by atoms with Crippen LogP contribution in [0.2, 0.25) is 0 Å². The van der Waals surface area contributed by atoms with Crippen molar-refractivity contribution in [1.82, 2.24) is 0 Å². The number of rotatable bonds is 3. The van der Waals surface area contributed by atoms with E-state index in [0.717, 1.165) is 11.3 Å². The maximum Gasteiger partial charge on any atom is 0.130 e. The molecule has 0 bridgehead atoms. The van der Waals surface area contributed by atoms with Crippen molar-refractivity contribution in [2.75, 3.05) is 7.11 Å². The molecule has 0 saturated carbocycles. The molecule has 1 heteroatoms. The minimum absolute atomic E-state index is 0.125. The van der Waals surface area contributed by atoms with Gasteiger partial charge in [-0.15, -0.1) is 5.73 Å². The topological polar surface area (TPSA) is 9.23 Å². The van der Waals surface area contributed by atoms with Crippen molar-refractivity contribution in [2.45, 2.75) is 46.0 Å². The summed E-state index contributed by atoms with van der Waals surface area (Å²) in [5.41, 5.74) is 6.59. The van der Waals surface area contributed by atoms with Crippen molar-refractivity contribution in [3.05, 3.63) is 41.1 Å². The van der Waals surface area contributed by atoms with E-state index in [1.165, 1.54) is 11.1 Å². The van der Waals surface area contributed by atoms with E-state index in [1.54, 1.807) is 7.11 Å². The fourth-order valence-corrected chi connectivity index (χ4v) is 1.99. The van der Waals surface area contributed by atoms with Crippen molar-refractivity contribution < 1.29 is 4.74 Å². The lowest BCUT2D eigenvalue weighted by molar-refractivity contribution is 0.406. The molecule has 0 heterocycles. The molecule has 0 N–H and O–H groups in total. The van der Waals surface area contributed by atoms with Crippen LogP contribution in [0.4, 0.5) is 0 Å². The van der Waals surface area contributed by atoms with Crippen LogP contribution in [0.25, 0.3) is 6.08 Å². The van der Waals surface area contributed by atoms with Gasteiger partial charge < -0.3 is 4.74 Å². The zero-order chi connectivity index (χ0) is 13.9. The highest BCUT2D eigenvalue weighted by atomic mass is 16.5. The van der Waals surface area contributed by atoms with Gasteiger partial charge in [0.1, 0.15) is 5.75 Å². The van der Waals surface area contributed by atoms with Crippen LogP contribution in [0.15, 0.2) is 24.4 Å². The highest BCUT2D eigenvalue weighted by molar-refractivity contribution is 5.62. The number of benzene rings is 1.